The summed E-state index contributed by atoms with van der Waals surface area (Å²) in [6.07, 6.45) is -0.474. The number of amides is 1. The fourth-order valence-electron chi connectivity index (χ4n) is 3.06. The van der Waals surface area contributed by atoms with Crippen molar-refractivity contribution in [1.82, 2.24) is 16.0 Å². The molecule has 8 nitrogen and oxygen atoms in total. The van der Waals surface area contributed by atoms with Crippen LogP contribution < -0.4 is 20.9 Å². The van der Waals surface area contributed by atoms with Crippen LogP contribution in [0.5, 0.6) is 0 Å². The number of morpholine rings is 1. The van der Waals surface area contributed by atoms with Crippen molar-refractivity contribution in [2.24, 2.45) is 4.99 Å². The summed E-state index contributed by atoms with van der Waals surface area (Å²) < 4.78 is 25.2. The van der Waals surface area contributed by atoms with Crippen LogP contribution in [0.25, 0.3) is 0 Å². The van der Waals surface area contributed by atoms with Gasteiger partial charge in [-0.05, 0) is 52.3 Å². The minimum atomic E-state index is -0.564. The average Bonchev–Trinajstić information content (AvgIpc) is 2.67. The number of hydrogen-bond acceptors (Lipinski definition) is 5. The molecule has 3 N–H and O–H groups in total. The molecule has 1 amide bonds. The number of guanidine groups is 1. The zero-order valence-corrected chi connectivity index (χ0v) is 22.2. The zero-order valence-electron chi connectivity index (χ0n) is 19.9. The maximum Gasteiger partial charge on any atom is 0.408 e. The van der Waals surface area contributed by atoms with Crippen LogP contribution in [0.1, 0.15) is 40.2 Å². The van der Waals surface area contributed by atoms with Gasteiger partial charge in [0.15, 0.2) is 5.96 Å². The van der Waals surface area contributed by atoms with Crippen LogP contribution in [0.2, 0.25) is 0 Å². The molecule has 1 aliphatic heterocycles. The number of halogens is 2. The van der Waals surface area contributed by atoms with Gasteiger partial charge in [0.2, 0.25) is 0 Å². The van der Waals surface area contributed by atoms with Gasteiger partial charge in [-0.3, -0.25) is 4.99 Å². The highest BCUT2D eigenvalue weighted by Gasteiger charge is 2.24. The van der Waals surface area contributed by atoms with E-state index in [9.17, 15) is 9.18 Å². The quantitative estimate of drug-likeness (QED) is 0.279. The first kappa shape index (κ1) is 28.2. The molecule has 0 aromatic heterocycles. The fourth-order valence-corrected chi connectivity index (χ4v) is 3.06. The molecule has 0 unspecified atom stereocenters. The van der Waals surface area contributed by atoms with Crippen molar-refractivity contribution in [1.29, 1.82) is 0 Å². The van der Waals surface area contributed by atoms with Crippen LogP contribution in [0.3, 0.4) is 0 Å². The molecular weight excluding hydrogens is 528 g/mol. The first-order valence-electron chi connectivity index (χ1n) is 10.6. The molecule has 0 saturated carbocycles. The van der Waals surface area contributed by atoms with Crippen molar-refractivity contribution in [3.05, 3.63) is 29.6 Å². The maximum absolute atomic E-state index is 14.6. The molecule has 0 radical (unpaired) electrons. The van der Waals surface area contributed by atoms with Crippen LogP contribution in [-0.2, 0) is 16.0 Å². The monoisotopic (exact) mass is 565 g/mol. The summed E-state index contributed by atoms with van der Waals surface area (Å²) in [5.41, 5.74) is 0.289. The highest BCUT2D eigenvalue weighted by Crippen LogP contribution is 2.21. The van der Waals surface area contributed by atoms with Crippen molar-refractivity contribution < 1.29 is 18.7 Å². The minimum absolute atomic E-state index is 0. The second kappa shape index (κ2) is 12.4. The standard InChI is InChI=1S/C22H36FN5O3.HI/c1-21(2,3)31-20(29)27-22(4,5)15-26-19(24-6)25-14-16-7-8-18(17(23)13-16)28-9-11-30-12-10-28;/h7-8,13H,9-12,14-15H2,1-6H3,(H,27,29)(H2,24,25,26);1H. The Bertz CT molecular complexity index is 777. The Hall–Kier alpha value is -1.82. The Morgan fingerprint density at radius 1 is 1.19 bits per heavy atom. The Kier molecular flexibility index (Phi) is 11.0. The predicted molar refractivity (Wildman–Crippen MR) is 136 cm³/mol. The molecule has 0 aliphatic carbocycles. The topological polar surface area (TPSA) is 87.2 Å². The minimum Gasteiger partial charge on any atom is -0.444 e. The first-order chi connectivity index (χ1) is 14.5. The van der Waals surface area contributed by atoms with Gasteiger partial charge >= 0.3 is 6.09 Å². The highest BCUT2D eigenvalue weighted by atomic mass is 127. The molecule has 0 atom stereocenters. The molecule has 0 bridgehead atoms. The molecule has 2 rings (SSSR count). The van der Waals surface area contributed by atoms with E-state index in [1.807, 2.05) is 51.7 Å². The molecule has 1 aromatic rings. The second-order valence-electron chi connectivity index (χ2n) is 9.18. The van der Waals surface area contributed by atoms with Gasteiger partial charge < -0.3 is 30.3 Å². The Balaban J connectivity index is 0.00000512. The van der Waals surface area contributed by atoms with Crippen LogP contribution in [0.15, 0.2) is 23.2 Å². The third-order valence-corrected chi connectivity index (χ3v) is 4.58. The number of carbonyl (C=O) groups excluding carboxylic acids is 1. The molecule has 182 valence electrons. The fraction of sp³-hybridized carbons (Fsp3) is 0.636. The smallest absolute Gasteiger partial charge is 0.408 e. The number of aliphatic imine (C=N–C) groups is 1. The van der Waals surface area contributed by atoms with E-state index >= 15 is 0 Å². The Morgan fingerprint density at radius 3 is 2.41 bits per heavy atom. The predicted octanol–water partition coefficient (Wildman–Crippen LogP) is 3.25. The van der Waals surface area contributed by atoms with Crippen molar-refractivity contribution in [3.63, 3.8) is 0 Å². The third-order valence-electron chi connectivity index (χ3n) is 4.58. The summed E-state index contributed by atoms with van der Waals surface area (Å²) in [5, 5.41) is 9.19. The van der Waals surface area contributed by atoms with Gasteiger partial charge in [-0.2, -0.15) is 0 Å². The zero-order chi connectivity index (χ0) is 23.1. The number of carbonyl (C=O) groups is 1. The van der Waals surface area contributed by atoms with Crippen LogP contribution in [0.4, 0.5) is 14.9 Å². The summed E-state index contributed by atoms with van der Waals surface area (Å²) in [5.74, 6) is 0.309. The lowest BCUT2D eigenvalue weighted by atomic mass is 10.1. The summed E-state index contributed by atoms with van der Waals surface area (Å²) in [4.78, 5) is 18.2. The van der Waals surface area contributed by atoms with Gasteiger partial charge in [0, 0.05) is 33.2 Å². The molecule has 1 aromatic carbocycles. The van der Waals surface area contributed by atoms with Crippen molar-refractivity contribution in [2.75, 3.05) is 44.8 Å². The van der Waals surface area contributed by atoms with E-state index in [4.69, 9.17) is 9.47 Å². The number of nitrogens with zero attached hydrogens (tertiary/aromatic N) is 2. The van der Waals surface area contributed by atoms with Crippen molar-refractivity contribution >= 4 is 41.7 Å². The second-order valence-corrected chi connectivity index (χ2v) is 9.18. The molecule has 32 heavy (non-hydrogen) atoms. The molecule has 1 heterocycles. The maximum atomic E-state index is 14.6. The summed E-state index contributed by atoms with van der Waals surface area (Å²) in [6.45, 7) is 12.7. The van der Waals surface area contributed by atoms with Crippen LogP contribution in [0, 0.1) is 5.82 Å². The van der Waals surface area contributed by atoms with Gasteiger partial charge in [-0.25, -0.2) is 9.18 Å². The van der Waals surface area contributed by atoms with Gasteiger partial charge in [0.25, 0.3) is 0 Å². The van der Waals surface area contributed by atoms with Crippen LogP contribution in [-0.4, -0.2) is 63.1 Å². The number of nitrogens with one attached hydrogen (secondary N) is 3. The summed E-state index contributed by atoms with van der Waals surface area (Å²) in [7, 11) is 1.66. The SMILES string of the molecule is CN=C(NCc1ccc(N2CCOCC2)c(F)c1)NCC(C)(C)NC(=O)OC(C)(C)C.I. The van der Waals surface area contributed by atoms with E-state index in [1.165, 1.54) is 0 Å². The highest BCUT2D eigenvalue weighted by molar-refractivity contribution is 14.0. The lowest BCUT2D eigenvalue weighted by molar-refractivity contribution is 0.0474. The number of alkyl carbamates (subject to hydrolysis) is 1. The number of anilines is 1. The summed E-state index contributed by atoms with van der Waals surface area (Å²) in [6, 6.07) is 5.25. The largest absolute Gasteiger partial charge is 0.444 e. The molecule has 0 spiro atoms. The number of benzene rings is 1. The molecule has 1 saturated heterocycles. The average molecular weight is 565 g/mol. The van der Waals surface area contributed by atoms with Crippen LogP contribution >= 0.6 is 24.0 Å². The Morgan fingerprint density at radius 2 is 1.84 bits per heavy atom. The molecular formula is C22H37FIN5O3. The number of hydrogen-bond donors (Lipinski definition) is 3. The summed E-state index contributed by atoms with van der Waals surface area (Å²) >= 11 is 0. The van der Waals surface area contributed by atoms with E-state index < -0.39 is 17.2 Å². The van der Waals surface area contributed by atoms with Crippen molar-refractivity contribution in [3.8, 4) is 0 Å². The van der Waals surface area contributed by atoms with E-state index in [0.29, 0.717) is 51.0 Å². The van der Waals surface area contributed by atoms with Gasteiger partial charge in [-0.15, -0.1) is 24.0 Å². The van der Waals surface area contributed by atoms with E-state index in [-0.39, 0.29) is 29.8 Å². The van der Waals surface area contributed by atoms with E-state index in [0.717, 1.165) is 5.56 Å². The van der Waals surface area contributed by atoms with Gasteiger partial charge in [0.05, 0.1) is 24.4 Å². The first-order valence-corrected chi connectivity index (χ1v) is 10.6. The molecule has 10 heteroatoms. The lowest BCUT2D eigenvalue weighted by Crippen LogP contribution is -2.54. The van der Waals surface area contributed by atoms with E-state index in [2.05, 4.69) is 20.9 Å². The Labute approximate surface area is 207 Å². The third kappa shape index (κ3) is 9.76. The number of rotatable bonds is 6. The molecule has 1 aliphatic rings. The normalized spacial score (nSPS) is 15.0. The molecule has 1 fully saturated rings. The lowest BCUT2D eigenvalue weighted by Gasteiger charge is -2.29. The van der Waals surface area contributed by atoms with E-state index in [1.54, 1.807) is 13.1 Å². The van der Waals surface area contributed by atoms with Crippen molar-refractivity contribution in [2.45, 2.75) is 52.3 Å². The van der Waals surface area contributed by atoms with Gasteiger partial charge in [-0.1, -0.05) is 6.07 Å². The number of ether oxygens (including phenoxy) is 2. The van der Waals surface area contributed by atoms with Gasteiger partial charge in [0.1, 0.15) is 11.4 Å².